The van der Waals surface area contributed by atoms with Crippen LogP contribution >= 0.6 is 0 Å². The molecular weight excluding hydrogens is 265 g/mol. The molecule has 1 unspecified atom stereocenters. The fourth-order valence-electron chi connectivity index (χ4n) is 3.13. The molecule has 1 aromatic carbocycles. The van der Waals surface area contributed by atoms with Crippen LogP contribution in [0.5, 0.6) is 0 Å². The van der Waals surface area contributed by atoms with Gasteiger partial charge in [0.1, 0.15) is 5.82 Å². The zero-order chi connectivity index (χ0) is 15.2. The van der Waals surface area contributed by atoms with E-state index in [-0.39, 0.29) is 11.9 Å². The molecule has 2 N–H and O–H groups in total. The van der Waals surface area contributed by atoms with Crippen molar-refractivity contribution in [2.45, 2.75) is 25.3 Å². The molecule has 1 saturated heterocycles. The number of nitrogens with zero attached hydrogens (tertiary/aromatic N) is 2. The topological polar surface area (TPSA) is 32.5 Å². The van der Waals surface area contributed by atoms with Crippen LogP contribution in [0, 0.1) is 11.7 Å². The fourth-order valence-corrected chi connectivity index (χ4v) is 3.13. The van der Waals surface area contributed by atoms with Crippen LogP contribution in [-0.4, -0.2) is 50.1 Å². The van der Waals surface area contributed by atoms with Gasteiger partial charge in [0.25, 0.3) is 0 Å². The number of halogens is 1. The van der Waals surface area contributed by atoms with Gasteiger partial charge in [-0.15, -0.1) is 0 Å². The number of rotatable bonds is 6. The highest BCUT2D eigenvalue weighted by atomic mass is 19.1. The molecule has 0 saturated carbocycles. The summed E-state index contributed by atoms with van der Waals surface area (Å²) in [5.41, 5.74) is 7.07. The van der Waals surface area contributed by atoms with E-state index in [1.807, 2.05) is 6.07 Å². The number of piperidine rings is 1. The number of benzene rings is 1. The Morgan fingerprint density at radius 3 is 2.67 bits per heavy atom. The Labute approximate surface area is 127 Å². The molecule has 1 heterocycles. The summed E-state index contributed by atoms with van der Waals surface area (Å²) in [6, 6.07) is 6.59. The lowest BCUT2D eigenvalue weighted by Gasteiger charge is -2.33. The standard InChI is InChI=1S/C17H28FN3/c1-20(2)13-14-6-9-21(10-7-14)11-8-17(19)15-4-3-5-16(18)12-15/h3-5,12,14,17H,6-11,13,19H2,1-2H3. The summed E-state index contributed by atoms with van der Waals surface area (Å²) in [7, 11) is 4.29. The third kappa shape index (κ3) is 5.38. The second kappa shape index (κ2) is 7.87. The van der Waals surface area contributed by atoms with Crippen molar-refractivity contribution >= 4 is 0 Å². The Bertz CT molecular complexity index is 428. The Morgan fingerprint density at radius 2 is 2.05 bits per heavy atom. The van der Waals surface area contributed by atoms with Crippen LogP contribution in [0.4, 0.5) is 4.39 Å². The molecule has 4 heteroatoms. The predicted molar refractivity (Wildman–Crippen MR) is 85.7 cm³/mol. The van der Waals surface area contributed by atoms with Gasteiger partial charge in [-0.1, -0.05) is 12.1 Å². The molecule has 1 aromatic rings. The van der Waals surface area contributed by atoms with Crippen molar-refractivity contribution in [2.75, 3.05) is 40.3 Å². The van der Waals surface area contributed by atoms with Crippen LogP contribution in [0.1, 0.15) is 30.9 Å². The lowest BCUT2D eigenvalue weighted by Crippen LogP contribution is -2.38. The van der Waals surface area contributed by atoms with Crippen LogP contribution in [0.3, 0.4) is 0 Å². The highest BCUT2D eigenvalue weighted by Crippen LogP contribution is 2.20. The maximum Gasteiger partial charge on any atom is 0.123 e. The quantitative estimate of drug-likeness (QED) is 0.874. The van der Waals surface area contributed by atoms with Gasteiger partial charge in [0, 0.05) is 12.6 Å². The maximum absolute atomic E-state index is 13.2. The third-order valence-corrected chi connectivity index (χ3v) is 4.36. The minimum Gasteiger partial charge on any atom is -0.324 e. The molecule has 1 fully saturated rings. The van der Waals surface area contributed by atoms with E-state index < -0.39 is 0 Å². The minimum absolute atomic E-state index is 0.0693. The Morgan fingerprint density at radius 1 is 1.33 bits per heavy atom. The van der Waals surface area contributed by atoms with E-state index in [4.69, 9.17) is 5.73 Å². The Kier molecular flexibility index (Phi) is 6.15. The van der Waals surface area contributed by atoms with E-state index in [2.05, 4.69) is 23.9 Å². The highest BCUT2D eigenvalue weighted by molar-refractivity contribution is 5.19. The van der Waals surface area contributed by atoms with Crippen molar-refractivity contribution in [1.82, 2.24) is 9.80 Å². The SMILES string of the molecule is CN(C)CC1CCN(CCC(N)c2cccc(F)c2)CC1. The number of hydrogen-bond donors (Lipinski definition) is 1. The zero-order valence-corrected chi connectivity index (χ0v) is 13.3. The molecule has 3 nitrogen and oxygen atoms in total. The van der Waals surface area contributed by atoms with E-state index in [0.717, 1.165) is 37.5 Å². The van der Waals surface area contributed by atoms with Gasteiger partial charge in [0.2, 0.25) is 0 Å². The lowest BCUT2D eigenvalue weighted by molar-refractivity contribution is 0.159. The van der Waals surface area contributed by atoms with Gasteiger partial charge in [0.15, 0.2) is 0 Å². The smallest absolute Gasteiger partial charge is 0.123 e. The van der Waals surface area contributed by atoms with Crippen molar-refractivity contribution in [1.29, 1.82) is 0 Å². The van der Waals surface area contributed by atoms with Crippen molar-refractivity contribution in [3.05, 3.63) is 35.6 Å². The van der Waals surface area contributed by atoms with Crippen molar-refractivity contribution in [2.24, 2.45) is 11.7 Å². The average molecular weight is 293 g/mol. The van der Waals surface area contributed by atoms with Crippen LogP contribution in [-0.2, 0) is 0 Å². The van der Waals surface area contributed by atoms with Crippen LogP contribution in [0.15, 0.2) is 24.3 Å². The summed E-state index contributed by atoms with van der Waals surface area (Å²) in [4.78, 5) is 4.77. The monoisotopic (exact) mass is 293 g/mol. The van der Waals surface area contributed by atoms with Crippen LogP contribution in [0.25, 0.3) is 0 Å². The number of nitrogens with two attached hydrogens (primary N) is 1. The zero-order valence-electron chi connectivity index (χ0n) is 13.3. The van der Waals surface area contributed by atoms with Crippen molar-refractivity contribution in [3.63, 3.8) is 0 Å². The lowest BCUT2D eigenvalue weighted by atomic mass is 9.96. The van der Waals surface area contributed by atoms with Gasteiger partial charge in [-0.3, -0.25) is 0 Å². The van der Waals surface area contributed by atoms with E-state index in [0.29, 0.717) is 0 Å². The summed E-state index contributed by atoms with van der Waals surface area (Å²) in [5.74, 6) is 0.626. The molecule has 1 aliphatic rings. The summed E-state index contributed by atoms with van der Waals surface area (Å²) in [5, 5.41) is 0. The van der Waals surface area contributed by atoms with Crippen LogP contribution in [0.2, 0.25) is 0 Å². The average Bonchev–Trinajstić information content (AvgIpc) is 2.45. The molecule has 0 bridgehead atoms. The molecule has 1 atom stereocenters. The second-order valence-electron chi connectivity index (χ2n) is 6.50. The summed E-state index contributed by atoms with van der Waals surface area (Å²) < 4.78 is 13.2. The number of likely N-dealkylation sites (tertiary alicyclic amines) is 1. The van der Waals surface area contributed by atoms with E-state index in [9.17, 15) is 4.39 Å². The second-order valence-corrected chi connectivity index (χ2v) is 6.50. The maximum atomic E-state index is 13.2. The third-order valence-electron chi connectivity index (χ3n) is 4.36. The first kappa shape index (κ1) is 16.4. The predicted octanol–water partition coefficient (Wildman–Crippen LogP) is 2.49. The Hall–Kier alpha value is -0.970. The Balaban J connectivity index is 1.72. The molecule has 0 aliphatic carbocycles. The molecular formula is C17H28FN3. The largest absolute Gasteiger partial charge is 0.324 e. The highest BCUT2D eigenvalue weighted by Gasteiger charge is 2.20. The van der Waals surface area contributed by atoms with E-state index in [1.54, 1.807) is 12.1 Å². The van der Waals surface area contributed by atoms with Gasteiger partial charge in [-0.25, -0.2) is 4.39 Å². The first-order valence-electron chi connectivity index (χ1n) is 7.92. The van der Waals surface area contributed by atoms with Crippen LogP contribution < -0.4 is 5.73 Å². The first-order chi connectivity index (χ1) is 10.0. The fraction of sp³-hybridized carbons (Fsp3) is 0.647. The van der Waals surface area contributed by atoms with Gasteiger partial charge in [0.05, 0.1) is 0 Å². The molecule has 0 radical (unpaired) electrons. The summed E-state index contributed by atoms with van der Waals surface area (Å²) >= 11 is 0. The van der Waals surface area contributed by atoms with E-state index >= 15 is 0 Å². The summed E-state index contributed by atoms with van der Waals surface area (Å²) in [6.45, 7) is 4.52. The molecule has 0 amide bonds. The molecule has 0 aromatic heterocycles. The van der Waals surface area contributed by atoms with Crippen molar-refractivity contribution < 1.29 is 4.39 Å². The molecule has 1 aliphatic heterocycles. The van der Waals surface area contributed by atoms with Gasteiger partial charge < -0.3 is 15.5 Å². The minimum atomic E-state index is -0.201. The first-order valence-corrected chi connectivity index (χ1v) is 7.92. The van der Waals surface area contributed by atoms with E-state index in [1.165, 1.54) is 25.5 Å². The van der Waals surface area contributed by atoms with Crippen molar-refractivity contribution in [3.8, 4) is 0 Å². The van der Waals surface area contributed by atoms with Gasteiger partial charge >= 0.3 is 0 Å². The molecule has 118 valence electrons. The molecule has 2 rings (SSSR count). The molecule has 21 heavy (non-hydrogen) atoms. The normalized spacial score (nSPS) is 19.1. The summed E-state index contributed by atoms with van der Waals surface area (Å²) in [6.07, 6.45) is 3.43. The van der Waals surface area contributed by atoms with Gasteiger partial charge in [-0.05, 0) is 76.6 Å². The van der Waals surface area contributed by atoms with Gasteiger partial charge in [-0.2, -0.15) is 0 Å². The number of hydrogen-bond acceptors (Lipinski definition) is 3. The molecule has 0 spiro atoms.